The van der Waals surface area contributed by atoms with Gasteiger partial charge in [-0.05, 0) is 6.26 Å². The maximum atomic E-state index is 10.5. The van der Waals surface area contributed by atoms with Crippen LogP contribution < -0.4 is 4.13 Å². The highest BCUT2D eigenvalue weighted by atomic mass is 32.3. The summed E-state index contributed by atoms with van der Waals surface area (Å²) in [7, 11) is 0. The monoisotopic (exact) mass is 201 g/mol. The van der Waals surface area contributed by atoms with Crippen LogP contribution in [0, 0.1) is 0 Å². The molecule has 54 valence electrons. The molecule has 2 nitrogen and oxygen atoms in total. The third-order valence-corrected chi connectivity index (χ3v) is 2.99. The molecule has 9 heavy (non-hydrogen) atoms. The highest BCUT2D eigenvalue weighted by Gasteiger charge is 1.96. The van der Waals surface area contributed by atoms with Gasteiger partial charge >= 0.3 is 0 Å². The predicted molar refractivity (Wildman–Crippen MR) is 51.1 cm³/mol. The van der Waals surface area contributed by atoms with E-state index in [-0.39, 0.29) is 4.45 Å². The average molecular weight is 201 g/mol. The zero-order chi connectivity index (χ0) is 7.11. The molecule has 0 aliphatic heterocycles. The third kappa shape index (κ3) is 6.92. The average Bonchev–Trinajstić information content (AvgIpc) is 1.89. The minimum atomic E-state index is 0.0734. The highest BCUT2D eigenvalue weighted by molar-refractivity contribution is 8.40. The van der Waals surface area contributed by atoms with E-state index in [1.807, 2.05) is 0 Å². The molecule has 0 radical (unpaired) electrons. The van der Waals surface area contributed by atoms with Gasteiger partial charge in [-0.3, -0.25) is 4.79 Å². The topological polar surface area (TPSA) is 29.1 Å². The summed E-state index contributed by atoms with van der Waals surface area (Å²) >= 11 is 7.60. The van der Waals surface area contributed by atoms with Crippen LogP contribution in [0.25, 0.3) is 0 Å². The van der Waals surface area contributed by atoms with Gasteiger partial charge in [-0.1, -0.05) is 23.7 Å². The van der Waals surface area contributed by atoms with Gasteiger partial charge in [-0.2, -0.15) is 16.8 Å². The maximum absolute atomic E-state index is 10.5. The zero-order valence-corrected chi connectivity index (χ0v) is 8.13. The van der Waals surface area contributed by atoms with Crippen LogP contribution in [0.15, 0.2) is 0 Å². The number of carbonyl (C=O) groups excluding carboxylic acids is 1. The van der Waals surface area contributed by atoms with Gasteiger partial charge < -0.3 is 0 Å². The number of rotatable bonds is 3. The van der Waals surface area contributed by atoms with Crippen LogP contribution in [0.4, 0.5) is 4.79 Å². The van der Waals surface area contributed by atoms with Crippen molar-refractivity contribution in [2.45, 2.75) is 0 Å². The Balaban J connectivity index is 2.97. The van der Waals surface area contributed by atoms with Crippen LogP contribution in [-0.4, -0.2) is 15.8 Å². The van der Waals surface area contributed by atoms with Crippen LogP contribution in [0.1, 0.15) is 0 Å². The summed E-state index contributed by atoms with van der Waals surface area (Å²) in [6.07, 6.45) is 1.75. The number of nitrogens with one attached hydrogen (secondary N) is 1. The van der Waals surface area contributed by atoms with Crippen LogP contribution >= 0.6 is 48.3 Å². The molecule has 0 aliphatic rings. The smallest absolute Gasteiger partial charge is 0.261 e. The second kappa shape index (κ2) is 7.14. The molecule has 0 heterocycles. The number of thioether (sulfide) groups is 1. The van der Waals surface area contributed by atoms with Gasteiger partial charge in [0.1, 0.15) is 0 Å². The van der Waals surface area contributed by atoms with Crippen LogP contribution in [0.3, 0.4) is 0 Å². The Morgan fingerprint density at radius 3 is 2.89 bits per heavy atom. The van der Waals surface area contributed by atoms with Crippen molar-refractivity contribution < 1.29 is 4.79 Å². The number of hydrogen-bond acceptors (Lipinski definition) is 6. The Labute approximate surface area is 73.0 Å². The molecule has 6 heteroatoms. The van der Waals surface area contributed by atoms with Crippen molar-refractivity contribution in [1.82, 2.24) is 4.13 Å². The highest BCUT2D eigenvalue weighted by Crippen LogP contribution is 2.13. The predicted octanol–water partition coefficient (Wildman–Crippen LogP) is 2.24. The van der Waals surface area contributed by atoms with E-state index in [4.69, 9.17) is 0 Å². The Morgan fingerprint density at radius 1 is 1.78 bits per heavy atom. The van der Waals surface area contributed by atoms with Crippen molar-refractivity contribution in [2.24, 2.45) is 0 Å². The lowest BCUT2D eigenvalue weighted by Crippen LogP contribution is -1.92. The van der Waals surface area contributed by atoms with E-state index in [1.165, 1.54) is 23.7 Å². The van der Waals surface area contributed by atoms with Gasteiger partial charge in [0.2, 0.25) is 0 Å². The first-order chi connectivity index (χ1) is 4.31. The van der Waals surface area contributed by atoms with Crippen molar-refractivity contribution in [3.05, 3.63) is 0 Å². The lowest BCUT2D eigenvalue weighted by molar-refractivity contribution is 0.276. The molecule has 1 N–H and O–H groups in total. The number of carbonyl (C=O) groups is 1. The molecular formula is C3H7NOS4. The van der Waals surface area contributed by atoms with E-state index in [1.54, 1.807) is 6.26 Å². The van der Waals surface area contributed by atoms with Crippen LogP contribution in [-0.2, 0) is 0 Å². The molecular weight excluding hydrogens is 194 g/mol. The van der Waals surface area contributed by atoms with Gasteiger partial charge in [0.25, 0.3) is 4.45 Å². The van der Waals surface area contributed by atoms with Crippen molar-refractivity contribution in [3.63, 3.8) is 0 Å². The Kier molecular flexibility index (Phi) is 7.96. The Morgan fingerprint density at radius 2 is 2.44 bits per heavy atom. The quantitative estimate of drug-likeness (QED) is 0.316. The molecule has 0 bridgehead atoms. The van der Waals surface area contributed by atoms with Gasteiger partial charge in [-0.25, -0.2) is 0 Å². The second-order valence-corrected chi connectivity index (χ2v) is 4.51. The van der Waals surface area contributed by atoms with Crippen molar-refractivity contribution in [1.29, 1.82) is 0 Å². The second-order valence-electron chi connectivity index (χ2n) is 0.913. The maximum Gasteiger partial charge on any atom is 0.261 e. The molecule has 0 saturated carbocycles. The molecule has 0 atom stereocenters. The van der Waals surface area contributed by atoms with Crippen LogP contribution in [0.5, 0.6) is 0 Å². The van der Waals surface area contributed by atoms with Crippen molar-refractivity contribution in [3.8, 4) is 0 Å². The van der Waals surface area contributed by atoms with E-state index >= 15 is 0 Å². The van der Waals surface area contributed by atoms with Gasteiger partial charge in [0.05, 0.1) is 5.08 Å². The summed E-state index contributed by atoms with van der Waals surface area (Å²) in [5, 5.41) is 0.675. The first-order valence-corrected chi connectivity index (χ1v) is 5.69. The Hall–Kier alpha value is 1.03. The largest absolute Gasteiger partial charge is 0.273 e. The molecule has 0 aromatic rings. The minimum Gasteiger partial charge on any atom is -0.273 e. The lowest BCUT2D eigenvalue weighted by atomic mass is 11.8. The molecule has 0 unspecified atom stereocenters. The van der Waals surface area contributed by atoms with Crippen molar-refractivity contribution in [2.75, 3.05) is 11.3 Å². The summed E-state index contributed by atoms with van der Waals surface area (Å²) in [4.78, 5) is 10.5. The summed E-state index contributed by atoms with van der Waals surface area (Å²) in [6, 6.07) is 0. The first kappa shape index (κ1) is 10.0. The summed E-state index contributed by atoms with van der Waals surface area (Å²) < 4.78 is 2.85. The van der Waals surface area contributed by atoms with Crippen molar-refractivity contribution >= 4 is 52.7 Å². The van der Waals surface area contributed by atoms with E-state index in [0.29, 0.717) is 5.08 Å². The van der Waals surface area contributed by atoms with Gasteiger partial charge in [0.15, 0.2) is 0 Å². The summed E-state index contributed by atoms with van der Waals surface area (Å²) in [5.74, 6) is 0. The molecule has 0 aromatic carbocycles. The van der Waals surface area contributed by atoms with E-state index in [9.17, 15) is 4.79 Å². The molecule has 0 aliphatic carbocycles. The fourth-order valence-corrected chi connectivity index (χ4v) is 1.96. The molecule has 0 saturated heterocycles. The summed E-state index contributed by atoms with van der Waals surface area (Å²) in [6.45, 7) is 0. The number of hydrogen-bond donors (Lipinski definition) is 2. The zero-order valence-electron chi connectivity index (χ0n) is 4.79. The van der Waals surface area contributed by atoms with Gasteiger partial charge in [-0.15, -0.1) is 0 Å². The Bertz CT molecular complexity index is 87.9. The fourth-order valence-electron chi connectivity index (χ4n) is 0.132. The molecule has 0 spiro atoms. The molecule has 0 aromatic heterocycles. The number of thiol groups is 1. The molecule has 0 rings (SSSR count). The normalized spacial score (nSPS) is 9.56. The van der Waals surface area contributed by atoms with E-state index in [2.05, 4.69) is 16.8 Å². The third-order valence-electron chi connectivity index (χ3n) is 0.415. The van der Waals surface area contributed by atoms with E-state index < -0.39 is 0 Å². The summed E-state index contributed by atoms with van der Waals surface area (Å²) in [5.41, 5.74) is 0. The molecule has 0 amide bonds. The van der Waals surface area contributed by atoms with Gasteiger partial charge in [0, 0.05) is 11.9 Å². The fraction of sp³-hybridized carbons (Fsp3) is 0.667. The SMILES string of the molecule is CSC(=O)SNSCS. The lowest BCUT2D eigenvalue weighted by Gasteiger charge is -1.94. The van der Waals surface area contributed by atoms with Crippen LogP contribution in [0.2, 0.25) is 0 Å². The first-order valence-electron chi connectivity index (χ1n) is 2.03. The van der Waals surface area contributed by atoms with E-state index in [0.717, 1.165) is 11.9 Å². The standard InChI is InChI=1S/C3H7NOS4/c1-7-3(5)9-4-8-2-6/h4,6H,2H2,1H3. The molecule has 0 fully saturated rings. The minimum absolute atomic E-state index is 0.0734.